The molecule has 5 nitrogen and oxygen atoms in total. The standard InChI is InChI=1S/C12H17ClN2O3/c1-12(2,3)18-11(17)15-9(7-16)8-4-5-10(13)14-6-8/h4-6,9,16H,7H2,1-3H3,(H,15,17)/t9-/m0/s1. The Hall–Kier alpha value is -1.33. The SMILES string of the molecule is CC(C)(C)OC(=O)N[C@@H](CO)c1ccc(Cl)nc1. The molecule has 0 saturated heterocycles. The number of nitrogens with one attached hydrogen (secondary N) is 1. The van der Waals surface area contributed by atoms with E-state index in [1.807, 2.05) is 0 Å². The van der Waals surface area contributed by atoms with Gasteiger partial charge in [0.25, 0.3) is 0 Å². The summed E-state index contributed by atoms with van der Waals surface area (Å²) in [6.07, 6.45) is 0.914. The molecular formula is C12H17ClN2O3. The Labute approximate surface area is 111 Å². The minimum absolute atomic E-state index is 0.247. The molecule has 0 bridgehead atoms. The first-order valence-electron chi connectivity index (χ1n) is 5.53. The monoisotopic (exact) mass is 272 g/mol. The highest BCUT2D eigenvalue weighted by Crippen LogP contribution is 2.15. The van der Waals surface area contributed by atoms with Crippen LogP contribution in [0.25, 0.3) is 0 Å². The number of alkyl carbamates (subject to hydrolysis) is 1. The van der Waals surface area contributed by atoms with Crippen molar-refractivity contribution in [1.29, 1.82) is 0 Å². The van der Waals surface area contributed by atoms with Gasteiger partial charge in [0, 0.05) is 6.20 Å². The second kappa shape index (κ2) is 6.02. The molecule has 18 heavy (non-hydrogen) atoms. The molecule has 6 heteroatoms. The highest BCUT2D eigenvalue weighted by Gasteiger charge is 2.20. The zero-order chi connectivity index (χ0) is 13.8. The Kier molecular flexibility index (Phi) is 4.93. The zero-order valence-electron chi connectivity index (χ0n) is 10.6. The maximum absolute atomic E-state index is 11.6. The van der Waals surface area contributed by atoms with Crippen LogP contribution < -0.4 is 5.32 Å². The lowest BCUT2D eigenvalue weighted by atomic mass is 10.1. The Bertz CT molecular complexity index is 401. The highest BCUT2D eigenvalue weighted by atomic mass is 35.5. The van der Waals surface area contributed by atoms with Crippen molar-refractivity contribution in [2.24, 2.45) is 0 Å². The fourth-order valence-electron chi connectivity index (χ4n) is 1.28. The van der Waals surface area contributed by atoms with Gasteiger partial charge in [-0.25, -0.2) is 9.78 Å². The number of hydrogen-bond donors (Lipinski definition) is 2. The maximum Gasteiger partial charge on any atom is 0.408 e. The predicted octanol–water partition coefficient (Wildman–Crippen LogP) is 2.29. The van der Waals surface area contributed by atoms with Crippen LogP contribution in [0.4, 0.5) is 4.79 Å². The van der Waals surface area contributed by atoms with Crippen molar-refractivity contribution in [2.75, 3.05) is 6.61 Å². The number of aromatic nitrogens is 1. The van der Waals surface area contributed by atoms with E-state index in [1.54, 1.807) is 32.9 Å². The van der Waals surface area contributed by atoms with Gasteiger partial charge in [0.1, 0.15) is 10.8 Å². The quantitative estimate of drug-likeness (QED) is 0.828. The summed E-state index contributed by atoms with van der Waals surface area (Å²) in [6.45, 7) is 5.06. The second-order valence-electron chi connectivity index (χ2n) is 4.80. The Balaban J connectivity index is 2.68. The first kappa shape index (κ1) is 14.7. The Morgan fingerprint density at radius 2 is 2.22 bits per heavy atom. The average molecular weight is 273 g/mol. The minimum atomic E-state index is -0.587. The van der Waals surface area contributed by atoms with Crippen molar-refractivity contribution in [3.05, 3.63) is 29.0 Å². The molecule has 1 aromatic heterocycles. The van der Waals surface area contributed by atoms with Crippen LogP contribution in [0, 0.1) is 0 Å². The summed E-state index contributed by atoms with van der Waals surface area (Å²) in [5.74, 6) is 0. The van der Waals surface area contributed by atoms with Crippen LogP contribution in [0.15, 0.2) is 18.3 Å². The molecule has 0 fully saturated rings. The van der Waals surface area contributed by atoms with Crippen molar-refractivity contribution >= 4 is 17.7 Å². The maximum atomic E-state index is 11.6. The van der Waals surface area contributed by atoms with Gasteiger partial charge in [-0.15, -0.1) is 0 Å². The Morgan fingerprint density at radius 3 is 2.67 bits per heavy atom. The number of nitrogens with zero attached hydrogens (tertiary/aromatic N) is 1. The third kappa shape index (κ3) is 4.89. The van der Waals surface area contributed by atoms with Crippen LogP contribution in [0.2, 0.25) is 5.15 Å². The summed E-state index contributed by atoms with van der Waals surface area (Å²) in [5, 5.41) is 12.2. The number of halogens is 1. The summed E-state index contributed by atoms with van der Waals surface area (Å²) in [5.41, 5.74) is 0.0789. The molecule has 1 heterocycles. The summed E-state index contributed by atoms with van der Waals surface area (Å²) < 4.78 is 5.11. The fraction of sp³-hybridized carbons (Fsp3) is 0.500. The van der Waals surface area contributed by atoms with Crippen molar-refractivity contribution in [3.8, 4) is 0 Å². The van der Waals surface area contributed by atoms with Gasteiger partial charge in [0.15, 0.2) is 0 Å². The number of rotatable bonds is 3. The third-order valence-corrected chi connectivity index (χ3v) is 2.25. The number of carbonyl (C=O) groups is 1. The van der Waals surface area contributed by atoms with E-state index in [4.69, 9.17) is 16.3 Å². The molecule has 1 amide bonds. The van der Waals surface area contributed by atoms with Crippen LogP contribution in [0.5, 0.6) is 0 Å². The molecule has 2 N–H and O–H groups in total. The molecule has 0 aliphatic carbocycles. The lowest BCUT2D eigenvalue weighted by Gasteiger charge is -2.22. The number of carbonyl (C=O) groups excluding carboxylic acids is 1. The normalized spacial score (nSPS) is 12.9. The van der Waals surface area contributed by atoms with Crippen LogP contribution in [0.1, 0.15) is 32.4 Å². The smallest absolute Gasteiger partial charge is 0.408 e. The van der Waals surface area contributed by atoms with E-state index in [0.717, 1.165) is 0 Å². The fourth-order valence-corrected chi connectivity index (χ4v) is 1.39. The number of hydrogen-bond acceptors (Lipinski definition) is 4. The van der Waals surface area contributed by atoms with Crippen molar-refractivity contribution in [2.45, 2.75) is 32.4 Å². The van der Waals surface area contributed by atoms with Gasteiger partial charge in [-0.3, -0.25) is 0 Å². The molecular weight excluding hydrogens is 256 g/mol. The number of ether oxygens (including phenoxy) is 1. The van der Waals surface area contributed by atoms with Crippen molar-refractivity contribution in [3.63, 3.8) is 0 Å². The molecule has 0 aliphatic heterocycles. The number of pyridine rings is 1. The van der Waals surface area contributed by atoms with Crippen LogP contribution in [-0.2, 0) is 4.74 Å². The summed E-state index contributed by atoms with van der Waals surface area (Å²) in [6, 6.07) is 2.72. The summed E-state index contributed by atoms with van der Waals surface area (Å²) in [7, 11) is 0. The molecule has 0 aliphatic rings. The molecule has 0 unspecified atom stereocenters. The Morgan fingerprint density at radius 1 is 1.56 bits per heavy atom. The van der Waals surface area contributed by atoms with E-state index in [-0.39, 0.29) is 6.61 Å². The van der Waals surface area contributed by atoms with E-state index in [9.17, 15) is 9.90 Å². The molecule has 0 spiro atoms. The molecule has 1 aromatic rings. The lowest BCUT2D eigenvalue weighted by Crippen LogP contribution is -2.36. The van der Waals surface area contributed by atoms with E-state index in [0.29, 0.717) is 10.7 Å². The third-order valence-electron chi connectivity index (χ3n) is 2.03. The van der Waals surface area contributed by atoms with Crippen LogP contribution >= 0.6 is 11.6 Å². The number of aliphatic hydroxyl groups is 1. The molecule has 0 saturated carbocycles. The van der Waals surface area contributed by atoms with E-state index in [2.05, 4.69) is 10.3 Å². The van der Waals surface area contributed by atoms with Gasteiger partial charge >= 0.3 is 6.09 Å². The summed E-state index contributed by atoms with van der Waals surface area (Å²) >= 11 is 5.67. The van der Waals surface area contributed by atoms with E-state index in [1.165, 1.54) is 6.20 Å². The van der Waals surface area contributed by atoms with E-state index >= 15 is 0 Å². The molecule has 100 valence electrons. The molecule has 1 rings (SSSR count). The van der Waals surface area contributed by atoms with Crippen molar-refractivity contribution < 1.29 is 14.6 Å². The van der Waals surface area contributed by atoms with Crippen LogP contribution in [-0.4, -0.2) is 28.4 Å². The lowest BCUT2D eigenvalue weighted by molar-refractivity contribution is 0.0482. The van der Waals surface area contributed by atoms with Crippen LogP contribution in [0.3, 0.4) is 0 Å². The largest absolute Gasteiger partial charge is 0.444 e. The van der Waals surface area contributed by atoms with Gasteiger partial charge < -0.3 is 15.2 Å². The minimum Gasteiger partial charge on any atom is -0.444 e. The van der Waals surface area contributed by atoms with Gasteiger partial charge in [0.2, 0.25) is 0 Å². The van der Waals surface area contributed by atoms with E-state index < -0.39 is 17.7 Å². The van der Waals surface area contributed by atoms with Gasteiger partial charge in [-0.05, 0) is 32.4 Å². The molecule has 0 aromatic carbocycles. The predicted molar refractivity (Wildman–Crippen MR) is 68.4 cm³/mol. The topological polar surface area (TPSA) is 71.5 Å². The second-order valence-corrected chi connectivity index (χ2v) is 5.18. The van der Waals surface area contributed by atoms with Gasteiger partial charge in [0.05, 0.1) is 12.6 Å². The molecule has 1 atom stereocenters. The first-order chi connectivity index (χ1) is 8.31. The highest BCUT2D eigenvalue weighted by molar-refractivity contribution is 6.29. The van der Waals surface area contributed by atoms with Crippen molar-refractivity contribution in [1.82, 2.24) is 10.3 Å². The first-order valence-corrected chi connectivity index (χ1v) is 5.91. The zero-order valence-corrected chi connectivity index (χ0v) is 11.4. The van der Waals surface area contributed by atoms with Gasteiger partial charge in [-0.1, -0.05) is 17.7 Å². The average Bonchev–Trinajstić information content (AvgIpc) is 2.25. The van der Waals surface area contributed by atoms with Gasteiger partial charge in [-0.2, -0.15) is 0 Å². The number of aliphatic hydroxyl groups excluding tert-OH is 1. The number of amides is 1. The molecule has 0 radical (unpaired) electrons. The summed E-state index contributed by atoms with van der Waals surface area (Å²) in [4.78, 5) is 15.5.